The maximum Gasteiger partial charge on any atom is 0.0308 e. The van der Waals surface area contributed by atoms with Crippen LogP contribution in [-0.2, 0) is 0 Å². The Labute approximate surface area is 134 Å². The number of hydrogen-bond donors (Lipinski definition) is 1. The standard InChI is InChI=1S/C19H40N2/c1-7-14-20-18(19(5,6)21(9-3)10-4)17-13-11-12-16(8-2)15-17/h16-18,20H,7-15H2,1-6H3. The van der Waals surface area contributed by atoms with Gasteiger partial charge in [0.1, 0.15) is 0 Å². The third-order valence-electron chi connectivity index (χ3n) is 5.83. The molecule has 1 rings (SSSR count). The summed E-state index contributed by atoms with van der Waals surface area (Å²) in [6, 6.07) is 0.631. The molecule has 3 atom stereocenters. The molecule has 0 bridgehead atoms. The van der Waals surface area contributed by atoms with E-state index < -0.39 is 0 Å². The lowest BCUT2D eigenvalue weighted by Crippen LogP contribution is -2.61. The number of rotatable bonds is 9. The Morgan fingerprint density at radius 3 is 2.29 bits per heavy atom. The van der Waals surface area contributed by atoms with Crippen molar-refractivity contribution in [2.75, 3.05) is 19.6 Å². The van der Waals surface area contributed by atoms with Gasteiger partial charge in [-0.3, -0.25) is 4.90 Å². The van der Waals surface area contributed by atoms with Crippen molar-refractivity contribution < 1.29 is 0 Å². The molecule has 126 valence electrons. The Bertz CT molecular complexity index is 271. The molecule has 1 fully saturated rings. The third-order valence-corrected chi connectivity index (χ3v) is 5.83. The summed E-state index contributed by atoms with van der Waals surface area (Å²) in [6.07, 6.45) is 8.34. The van der Waals surface area contributed by atoms with Gasteiger partial charge in [0, 0.05) is 11.6 Å². The van der Waals surface area contributed by atoms with Gasteiger partial charge in [-0.15, -0.1) is 0 Å². The highest BCUT2D eigenvalue weighted by Gasteiger charge is 2.40. The van der Waals surface area contributed by atoms with Crippen LogP contribution in [0.15, 0.2) is 0 Å². The largest absolute Gasteiger partial charge is 0.312 e. The molecule has 0 radical (unpaired) electrons. The zero-order valence-corrected chi connectivity index (χ0v) is 15.5. The van der Waals surface area contributed by atoms with E-state index in [1.807, 2.05) is 0 Å². The fraction of sp³-hybridized carbons (Fsp3) is 1.00. The SMILES string of the molecule is CCCNC(C1CCCC(CC)C1)C(C)(C)N(CC)CC. The summed E-state index contributed by atoms with van der Waals surface area (Å²) in [5.41, 5.74) is 0.249. The first-order valence-electron chi connectivity index (χ1n) is 9.49. The minimum absolute atomic E-state index is 0.249. The van der Waals surface area contributed by atoms with Crippen LogP contribution in [0.25, 0.3) is 0 Å². The molecule has 0 spiro atoms. The van der Waals surface area contributed by atoms with Gasteiger partial charge < -0.3 is 5.32 Å². The van der Waals surface area contributed by atoms with Crippen molar-refractivity contribution >= 4 is 0 Å². The summed E-state index contributed by atoms with van der Waals surface area (Å²) in [6.45, 7) is 17.6. The lowest BCUT2D eigenvalue weighted by atomic mass is 9.71. The Kier molecular flexibility index (Phi) is 8.26. The van der Waals surface area contributed by atoms with Crippen molar-refractivity contribution in [3.63, 3.8) is 0 Å². The Hall–Kier alpha value is -0.0800. The van der Waals surface area contributed by atoms with Crippen LogP contribution < -0.4 is 5.32 Å². The van der Waals surface area contributed by atoms with E-state index in [9.17, 15) is 0 Å². The van der Waals surface area contributed by atoms with Gasteiger partial charge in [0.05, 0.1) is 0 Å². The zero-order chi connectivity index (χ0) is 15.9. The van der Waals surface area contributed by atoms with Gasteiger partial charge in [-0.1, -0.05) is 47.0 Å². The van der Waals surface area contributed by atoms with E-state index in [2.05, 4.69) is 51.8 Å². The topological polar surface area (TPSA) is 15.3 Å². The van der Waals surface area contributed by atoms with E-state index in [1.165, 1.54) is 38.5 Å². The smallest absolute Gasteiger partial charge is 0.0308 e. The second-order valence-corrected chi connectivity index (χ2v) is 7.46. The first-order chi connectivity index (χ1) is 10.0. The normalized spacial score (nSPS) is 25.3. The molecule has 0 aromatic carbocycles. The fourth-order valence-electron chi connectivity index (χ4n) is 4.53. The first-order valence-corrected chi connectivity index (χ1v) is 9.49. The average Bonchev–Trinajstić information content (AvgIpc) is 2.48. The molecule has 0 aromatic rings. The molecule has 3 unspecified atom stereocenters. The van der Waals surface area contributed by atoms with Crippen molar-refractivity contribution in [1.82, 2.24) is 10.2 Å². The highest BCUT2D eigenvalue weighted by Crippen LogP contribution is 2.37. The van der Waals surface area contributed by atoms with Crippen LogP contribution in [0.4, 0.5) is 0 Å². The highest BCUT2D eigenvalue weighted by molar-refractivity contribution is 4.98. The van der Waals surface area contributed by atoms with Crippen LogP contribution in [0.2, 0.25) is 0 Å². The van der Waals surface area contributed by atoms with Crippen molar-refractivity contribution in [2.45, 2.75) is 91.6 Å². The van der Waals surface area contributed by atoms with E-state index in [0.29, 0.717) is 6.04 Å². The van der Waals surface area contributed by atoms with Gasteiger partial charge in [0.25, 0.3) is 0 Å². The Morgan fingerprint density at radius 2 is 1.76 bits per heavy atom. The lowest BCUT2D eigenvalue weighted by molar-refractivity contribution is 0.0466. The van der Waals surface area contributed by atoms with Crippen molar-refractivity contribution in [2.24, 2.45) is 11.8 Å². The van der Waals surface area contributed by atoms with Crippen LogP contribution in [0.5, 0.6) is 0 Å². The fourth-order valence-corrected chi connectivity index (χ4v) is 4.53. The molecule has 1 N–H and O–H groups in total. The molecule has 1 aliphatic rings. The maximum absolute atomic E-state index is 3.93. The molecular formula is C19H40N2. The lowest BCUT2D eigenvalue weighted by Gasteiger charge is -2.49. The van der Waals surface area contributed by atoms with Crippen LogP contribution in [-0.4, -0.2) is 36.1 Å². The maximum atomic E-state index is 3.93. The molecule has 0 aromatic heterocycles. The van der Waals surface area contributed by atoms with Crippen LogP contribution >= 0.6 is 0 Å². The molecular weight excluding hydrogens is 256 g/mol. The van der Waals surface area contributed by atoms with Crippen LogP contribution in [0.3, 0.4) is 0 Å². The number of hydrogen-bond acceptors (Lipinski definition) is 2. The number of likely N-dealkylation sites (N-methyl/N-ethyl adjacent to an activating group) is 1. The third kappa shape index (κ3) is 4.96. The van der Waals surface area contributed by atoms with E-state index >= 15 is 0 Å². The van der Waals surface area contributed by atoms with Gasteiger partial charge in [-0.25, -0.2) is 0 Å². The molecule has 2 nitrogen and oxygen atoms in total. The molecule has 0 aliphatic heterocycles. The summed E-state index contributed by atoms with van der Waals surface area (Å²) < 4.78 is 0. The first kappa shape index (κ1) is 19.0. The van der Waals surface area contributed by atoms with Crippen LogP contribution in [0.1, 0.15) is 80.1 Å². The van der Waals surface area contributed by atoms with Crippen molar-refractivity contribution in [3.05, 3.63) is 0 Å². The van der Waals surface area contributed by atoms with E-state index in [4.69, 9.17) is 0 Å². The summed E-state index contributed by atoms with van der Waals surface area (Å²) in [5.74, 6) is 1.81. The summed E-state index contributed by atoms with van der Waals surface area (Å²) >= 11 is 0. The summed E-state index contributed by atoms with van der Waals surface area (Å²) in [7, 11) is 0. The minimum atomic E-state index is 0.249. The molecule has 0 saturated heterocycles. The van der Waals surface area contributed by atoms with Crippen molar-refractivity contribution in [3.8, 4) is 0 Å². The molecule has 21 heavy (non-hydrogen) atoms. The van der Waals surface area contributed by atoms with Gasteiger partial charge >= 0.3 is 0 Å². The summed E-state index contributed by atoms with van der Waals surface area (Å²) in [4.78, 5) is 2.65. The van der Waals surface area contributed by atoms with Crippen LogP contribution in [0, 0.1) is 11.8 Å². The van der Waals surface area contributed by atoms with Crippen molar-refractivity contribution in [1.29, 1.82) is 0 Å². The molecule has 2 heteroatoms. The average molecular weight is 297 g/mol. The van der Waals surface area contributed by atoms with Gasteiger partial charge in [-0.05, 0) is 64.6 Å². The second-order valence-electron chi connectivity index (χ2n) is 7.46. The van der Waals surface area contributed by atoms with Gasteiger partial charge in [-0.2, -0.15) is 0 Å². The second kappa shape index (κ2) is 9.15. The minimum Gasteiger partial charge on any atom is -0.312 e. The predicted molar refractivity (Wildman–Crippen MR) is 94.8 cm³/mol. The van der Waals surface area contributed by atoms with E-state index in [0.717, 1.165) is 31.5 Å². The Balaban J connectivity index is 2.87. The molecule has 1 saturated carbocycles. The monoisotopic (exact) mass is 296 g/mol. The number of nitrogens with one attached hydrogen (secondary N) is 1. The Morgan fingerprint density at radius 1 is 1.10 bits per heavy atom. The van der Waals surface area contributed by atoms with Gasteiger partial charge in [0.2, 0.25) is 0 Å². The molecule has 0 amide bonds. The highest BCUT2D eigenvalue weighted by atomic mass is 15.2. The quantitative estimate of drug-likeness (QED) is 0.664. The van der Waals surface area contributed by atoms with E-state index in [1.54, 1.807) is 0 Å². The summed E-state index contributed by atoms with van der Waals surface area (Å²) in [5, 5.41) is 3.93. The molecule has 1 aliphatic carbocycles. The number of nitrogens with zero attached hydrogens (tertiary/aromatic N) is 1. The molecule has 0 heterocycles. The predicted octanol–water partition coefficient (Wildman–Crippen LogP) is 4.69. The van der Waals surface area contributed by atoms with E-state index in [-0.39, 0.29) is 5.54 Å². The zero-order valence-electron chi connectivity index (χ0n) is 15.5. The van der Waals surface area contributed by atoms with Gasteiger partial charge in [0.15, 0.2) is 0 Å².